The highest BCUT2D eigenvalue weighted by molar-refractivity contribution is 5.87. The lowest BCUT2D eigenvalue weighted by atomic mass is 10.0. The Balaban J connectivity index is 1.48. The van der Waals surface area contributed by atoms with Gasteiger partial charge in [-0.2, -0.15) is 4.98 Å². The van der Waals surface area contributed by atoms with Crippen LogP contribution < -0.4 is 5.32 Å². The van der Waals surface area contributed by atoms with Gasteiger partial charge < -0.3 is 5.32 Å². The highest BCUT2D eigenvalue weighted by atomic mass is 15.2. The van der Waals surface area contributed by atoms with E-state index in [0.717, 1.165) is 28.1 Å². The third-order valence-electron chi connectivity index (χ3n) is 6.10. The van der Waals surface area contributed by atoms with Crippen molar-refractivity contribution in [1.29, 1.82) is 0 Å². The number of benzene rings is 4. The average Bonchev–Trinajstić information content (AvgIpc) is 3.33. The second kappa shape index (κ2) is 8.45. The lowest BCUT2D eigenvalue weighted by Gasteiger charge is -2.16. The molecule has 0 spiro atoms. The summed E-state index contributed by atoms with van der Waals surface area (Å²) in [6.07, 6.45) is 1.82. The van der Waals surface area contributed by atoms with Gasteiger partial charge >= 0.3 is 0 Å². The summed E-state index contributed by atoms with van der Waals surface area (Å²) in [4.78, 5) is 14.3. The molecule has 0 aliphatic rings. The van der Waals surface area contributed by atoms with Crippen molar-refractivity contribution in [2.75, 3.05) is 5.32 Å². The van der Waals surface area contributed by atoms with E-state index in [2.05, 4.69) is 77.9 Å². The topological polar surface area (TPSA) is 55.6 Å². The molecule has 0 amide bonds. The number of anilines is 1. The molecule has 0 aliphatic heterocycles. The minimum atomic E-state index is 0.0560. The molecule has 5 nitrogen and oxygen atoms in total. The van der Waals surface area contributed by atoms with Gasteiger partial charge in [0.15, 0.2) is 0 Å². The Hall–Kier alpha value is -4.51. The summed E-state index contributed by atoms with van der Waals surface area (Å²) < 4.78 is 2.01. The number of para-hydroxylation sites is 2. The van der Waals surface area contributed by atoms with Gasteiger partial charge in [0.05, 0.1) is 22.8 Å². The molecule has 5 heteroatoms. The standard InChI is InChI=1S/C29H23N5/c1-20(21-9-3-2-4-10-21)31-29-32-26(24-16-15-22-11-5-6-12-23(22)17-24)18-28(33-29)34-19-30-25-13-7-8-14-27(25)34/h2-20H,1H3,(H,31,32,33)/t20-/m0/s1. The van der Waals surface area contributed by atoms with E-state index in [4.69, 9.17) is 9.97 Å². The maximum Gasteiger partial charge on any atom is 0.225 e. The van der Waals surface area contributed by atoms with Crippen LogP contribution in [0.25, 0.3) is 38.9 Å². The molecule has 2 aromatic heterocycles. The molecule has 0 saturated carbocycles. The monoisotopic (exact) mass is 441 g/mol. The molecular formula is C29H23N5. The zero-order chi connectivity index (χ0) is 22.9. The fraction of sp³-hybridized carbons (Fsp3) is 0.0690. The third kappa shape index (κ3) is 3.77. The minimum absolute atomic E-state index is 0.0560. The summed E-state index contributed by atoms with van der Waals surface area (Å²) in [6.45, 7) is 2.12. The van der Waals surface area contributed by atoms with Crippen LogP contribution in [0.5, 0.6) is 0 Å². The van der Waals surface area contributed by atoms with Crippen molar-refractivity contribution < 1.29 is 0 Å². The predicted octanol–water partition coefficient (Wildman–Crippen LogP) is 6.81. The summed E-state index contributed by atoms with van der Waals surface area (Å²) in [7, 11) is 0. The Kier molecular flexibility index (Phi) is 5.00. The van der Waals surface area contributed by atoms with E-state index in [1.165, 1.54) is 16.3 Å². The fourth-order valence-corrected chi connectivity index (χ4v) is 4.28. The van der Waals surface area contributed by atoms with Gasteiger partial charge in [-0.1, -0.05) is 78.9 Å². The Morgan fingerprint density at radius 2 is 1.50 bits per heavy atom. The zero-order valence-electron chi connectivity index (χ0n) is 18.8. The first kappa shape index (κ1) is 20.1. The number of hydrogen-bond donors (Lipinski definition) is 1. The van der Waals surface area contributed by atoms with Crippen LogP contribution in [-0.2, 0) is 0 Å². The summed E-state index contributed by atoms with van der Waals surface area (Å²) in [6, 6.07) is 35.3. The van der Waals surface area contributed by atoms with Crippen LogP contribution in [0, 0.1) is 0 Å². The molecule has 4 aromatic carbocycles. The minimum Gasteiger partial charge on any atom is -0.348 e. The van der Waals surface area contributed by atoms with Crippen LogP contribution in [0.1, 0.15) is 18.5 Å². The fourth-order valence-electron chi connectivity index (χ4n) is 4.28. The van der Waals surface area contributed by atoms with Gasteiger partial charge in [-0.3, -0.25) is 4.57 Å². The molecule has 164 valence electrons. The van der Waals surface area contributed by atoms with Crippen molar-refractivity contribution in [3.8, 4) is 17.1 Å². The second-order valence-corrected chi connectivity index (χ2v) is 8.38. The summed E-state index contributed by atoms with van der Waals surface area (Å²) >= 11 is 0. The van der Waals surface area contributed by atoms with Crippen molar-refractivity contribution in [1.82, 2.24) is 19.5 Å². The van der Waals surface area contributed by atoms with Gasteiger partial charge in [-0.15, -0.1) is 0 Å². The predicted molar refractivity (Wildman–Crippen MR) is 138 cm³/mol. The normalized spacial score (nSPS) is 12.1. The number of hydrogen-bond acceptors (Lipinski definition) is 4. The first-order chi connectivity index (χ1) is 16.7. The van der Waals surface area contributed by atoms with E-state index in [1.807, 2.05) is 53.4 Å². The first-order valence-corrected chi connectivity index (χ1v) is 11.4. The molecule has 1 N–H and O–H groups in total. The van der Waals surface area contributed by atoms with E-state index >= 15 is 0 Å². The number of rotatable bonds is 5. The summed E-state index contributed by atoms with van der Waals surface area (Å²) in [5.41, 5.74) is 5.02. The Bertz CT molecular complexity index is 1600. The molecule has 0 unspecified atom stereocenters. The van der Waals surface area contributed by atoms with Gasteiger partial charge in [0.1, 0.15) is 12.1 Å². The molecule has 0 fully saturated rings. The Morgan fingerprint density at radius 1 is 0.735 bits per heavy atom. The molecule has 6 aromatic rings. The Labute approximate surface area is 197 Å². The average molecular weight is 442 g/mol. The molecule has 2 heterocycles. The quantitative estimate of drug-likeness (QED) is 0.319. The van der Waals surface area contributed by atoms with Crippen molar-refractivity contribution in [2.24, 2.45) is 0 Å². The lowest BCUT2D eigenvalue weighted by Crippen LogP contribution is -2.11. The zero-order valence-corrected chi connectivity index (χ0v) is 18.8. The molecule has 34 heavy (non-hydrogen) atoms. The smallest absolute Gasteiger partial charge is 0.225 e. The van der Waals surface area contributed by atoms with Crippen LogP contribution in [0.3, 0.4) is 0 Å². The van der Waals surface area contributed by atoms with Gasteiger partial charge in [0.25, 0.3) is 0 Å². The number of nitrogens with zero attached hydrogens (tertiary/aromatic N) is 4. The van der Waals surface area contributed by atoms with Crippen molar-refractivity contribution in [2.45, 2.75) is 13.0 Å². The molecule has 6 rings (SSSR count). The maximum absolute atomic E-state index is 4.91. The third-order valence-corrected chi connectivity index (χ3v) is 6.10. The van der Waals surface area contributed by atoms with Gasteiger partial charge in [-0.25, -0.2) is 9.97 Å². The maximum atomic E-state index is 4.91. The lowest BCUT2D eigenvalue weighted by molar-refractivity contribution is 0.855. The van der Waals surface area contributed by atoms with Crippen molar-refractivity contribution >= 4 is 27.8 Å². The van der Waals surface area contributed by atoms with Gasteiger partial charge in [0.2, 0.25) is 5.95 Å². The molecule has 0 aliphatic carbocycles. The molecule has 1 atom stereocenters. The molecular weight excluding hydrogens is 418 g/mol. The van der Waals surface area contributed by atoms with Crippen LogP contribution in [0.4, 0.5) is 5.95 Å². The van der Waals surface area contributed by atoms with Crippen molar-refractivity contribution in [3.63, 3.8) is 0 Å². The summed E-state index contributed by atoms with van der Waals surface area (Å²) in [5.74, 6) is 1.35. The van der Waals surface area contributed by atoms with Gasteiger partial charge in [0, 0.05) is 11.6 Å². The van der Waals surface area contributed by atoms with Crippen LogP contribution >= 0.6 is 0 Å². The molecule has 0 saturated heterocycles. The van der Waals surface area contributed by atoms with E-state index in [0.29, 0.717) is 5.95 Å². The van der Waals surface area contributed by atoms with Crippen LogP contribution in [0.2, 0.25) is 0 Å². The number of imidazole rings is 1. The van der Waals surface area contributed by atoms with Crippen molar-refractivity contribution in [3.05, 3.63) is 115 Å². The number of aromatic nitrogens is 4. The van der Waals surface area contributed by atoms with Gasteiger partial charge in [-0.05, 0) is 41.5 Å². The summed E-state index contributed by atoms with van der Waals surface area (Å²) in [5, 5.41) is 5.89. The second-order valence-electron chi connectivity index (χ2n) is 8.38. The van der Waals surface area contributed by atoms with Crippen LogP contribution in [-0.4, -0.2) is 19.5 Å². The van der Waals surface area contributed by atoms with E-state index in [-0.39, 0.29) is 6.04 Å². The highest BCUT2D eigenvalue weighted by Gasteiger charge is 2.14. The molecule has 0 radical (unpaired) electrons. The highest BCUT2D eigenvalue weighted by Crippen LogP contribution is 2.27. The molecule has 0 bridgehead atoms. The SMILES string of the molecule is C[C@H](Nc1nc(-c2ccc3ccccc3c2)cc(-n2cnc3ccccc32)n1)c1ccccc1. The van der Waals surface area contributed by atoms with Crippen LogP contribution in [0.15, 0.2) is 109 Å². The Morgan fingerprint density at radius 3 is 2.38 bits per heavy atom. The first-order valence-electron chi connectivity index (χ1n) is 11.4. The van der Waals surface area contributed by atoms with E-state index in [9.17, 15) is 0 Å². The van der Waals surface area contributed by atoms with E-state index < -0.39 is 0 Å². The largest absolute Gasteiger partial charge is 0.348 e. The number of fused-ring (bicyclic) bond motifs is 2. The van der Waals surface area contributed by atoms with E-state index in [1.54, 1.807) is 0 Å². The number of nitrogens with one attached hydrogen (secondary N) is 1.